The van der Waals surface area contributed by atoms with Gasteiger partial charge in [-0.2, -0.15) is 0 Å². The first-order chi connectivity index (χ1) is 47.3. The summed E-state index contributed by atoms with van der Waals surface area (Å²) >= 11 is 0. The molecule has 0 unspecified atom stereocenters. The number of hydrogen-bond acceptors (Lipinski definition) is 16. The van der Waals surface area contributed by atoms with Gasteiger partial charge in [-0.05, 0) is 87.2 Å². The van der Waals surface area contributed by atoms with Crippen molar-refractivity contribution in [2.24, 2.45) is 44.8 Å². The van der Waals surface area contributed by atoms with E-state index in [1.807, 2.05) is 0 Å². The highest BCUT2D eigenvalue weighted by Gasteiger charge is 2.45. The molecule has 0 radical (unpaired) electrons. The number of aliphatic hydroxyl groups is 1. The highest BCUT2D eigenvalue weighted by atomic mass is 16.3. The van der Waals surface area contributed by atoms with Gasteiger partial charge < -0.3 is 95.9 Å². The maximum atomic E-state index is 14.6. The molecule has 12 atom stereocenters. The minimum atomic E-state index is -1.65. The van der Waals surface area contributed by atoms with Crippen molar-refractivity contribution in [2.75, 3.05) is 59.0 Å². The highest BCUT2D eigenvalue weighted by Crippen LogP contribution is 2.27. The van der Waals surface area contributed by atoms with Gasteiger partial charge in [0.15, 0.2) is 11.9 Å². The van der Waals surface area contributed by atoms with E-state index in [-0.39, 0.29) is 102 Å². The molecule has 542 valence electrons. The van der Waals surface area contributed by atoms with E-state index in [0.717, 1.165) is 0 Å². The number of benzene rings is 2. The second-order valence-electron chi connectivity index (χ2n) is 25.4. The summed E-state index contributed by atoms with van der Waals surface area (Å²) in [6.45, 7) is 4.28. The predicted molar refractivity (Wildman–Crippen MR) is 363 cm³/mol. The zero-order chi connectivity index (χ0) is 72.3. The number of aliphatic hydroxyl groups excluding tert-OH is 1. The first-order valence-electron chi connectivity index (χ1n) is 34.0. The third-order valence-corrected chi connectivity index (χ3v) is 18.2. The summed E-state index contributed by atoms with van der Waals surface area (Å²) in [7, 11) is 0. The maximum Gasteiger partial charge on any atom is 0.248 e. The molecule has 19 N–H and O–H groups in total. The molecule has 0 saturated carbocycles. The lowest BCUT2D eigenvalue weighted by Gasteiger charge is -2.33. The first-order valence-corrected chi connectivity index (χ1v) is 34.0. The van der Waals surface area contributed by atoms with Gasteiger partial charge in [-0.3, -0.25) is 72.3 Å². The van der Waals surface area contributed by atoms with Crippen molar-refractivity contribution in [1.82, 2.24) is 67.9 Å². The van der Waals surface area contributed by atoms with Gasteiger partial charge in [0, 0.05) is 45.6 Å². The van der Waals surface area contributed by atoms with Crippen LogP contribution in [0.25, 0.3) is 0 Å². The number of nitrogens with zero attached hydrogens (tertiary/aromatic N) is 5. The van der Waals surface area contributed by atoms with Crippen LogP contribution in [0.4, 0.5) is 0 Å². The Morgan fingerprint density at radius 3 is 1.34 bits per heavy atom. The molecule has 0 aliphatic carbocycles. The molecule has 4 saturated heterocycles. The normalized spacial score (nSPS) is 25.9. The summed E-state index contributed by atoms with van der Waals surface area (Å²) in [4.78, 5) is 197. The Morgan fingerprint density at radius 2 is 0.838 bits per heavy atom. The van der Waals surface area contributed by atoms with Crippen LogP contribution in [-0.4, -0.2) is 228 Å². The van der Waals surface area contributed by atoms with Crippen LogP contribution < -0.4 is 76.1 Å². The molecular weight excluding hydrogens is 1280 g/mol. The van der Waals surface area contributed by atoms with E-state index in [9.17, 15) is 67.4 Å². The summed E-state index contributed by atoms with van der Waals surface area (Å²) in [6.07, 6.45) is 2.30. The lowest BCUT2D eigenvalue weighted by Crippen LogP contribution is -2.60. The second-order valence-corrected chi connectivity index (χ2v) is 25.4. The van der Waals surface area contributed by atoms with Crippen LogP contribution in [0, 0.1) is 11.8 Å². The molecule has 0 aromatic heterocycles. The Balaban J connectivity index is 1.32. The van der Waals surface area contributed by atoms with E-state index >= 15 is 0 Å². The first kappa shape index (κ1) is 78.1. The third-order valence-electron chi connectivity index (χ3n) is 18.2. The van der Waals surface area contributed by atoms with Gasteiger partial charge in [-0.25, -0.2) is 0 Å². The molecule has 0 bridgehead atoms. The van der Waals surface area contributed by atoms with Gasteiger partial charge in [0.05, 0.1) is 26.2 Å². The molecule has 2 aromatic rings. The van der Waals surface area contributed by atoms with Crippen LogP contribution in [0.2, 0.25) is 0 Å². The van der Waals surface area contributed by atoms with Crippen molar-refractivity contribution < 1.29 is 67.4 Å². The number of hydrogen-bond donors (Lipinski definition) is 15. The summed E-state index contributed by atoms with van der Waals surface area (Å²) < 4.78 is 0. The average Bonchev–Trinajstić information content (AvgIpc) is 1.69. The number of rotatable bonds is 17. The maximum absolute atomic E-state index is 14.6. The molecular formula is C66H99N19O14. The number of nitrogens with two attached hydrogens (primary N) is 4. The fourth-order valence-corrected chi connectivity index (χ4v) is 12.3. The lowest BCUT2D eigenvalue weighted by atomic mass is 9.95. The summed E-state index contributed by atoms with van der Waals surface area (Å²) in [6, 6.07) is 4.15. The van der Waals surface area contributed by atoms with E-state index in [0.29, 0.717) is 43.2 Å². The van der Waals surface area contributed by atoms with Crippen molar-refractivity contribution in [1.29, 1.82) is 0 Å². The molecule has 4 aliphatic rings. The zero-order valence-electron chi connectivity index (χ0n) is 56.8. The summed E-state index contributed by atoms with van der Waals surface area (Å²) in [5, 5.41) is 37.1. The van der Waals surface area contributed by atoms with Gasteiger partial charge in [-0.1, -0.05) is 101 Å². The third kappa shape index (κ3) is 23.4. The fourth-order valence-electron chi connectivity index (χ4n) is 12.3. The van der Waals surface area contributed by atoms with Gasteiger partial charge >= 0.3 is 0 Å². The molecule has 99 heavy (non-hydrogen) atoms. The smallest absolute Gasteiger partial charge is 0.248 e. The van der Waals surface area contributed by atoms with E-state index in [2.05, 4.69) is 63.2 Å². The van der Waals surface area contributed by atoms with Crippen molar-refractivity contribution in [2.45, 2.75) is 178 Å². The van der Waals surface area contributed by atoms with Crippen molar-refractivity contribution in [3.05, 3.63) is 71.8 Å². The number of carbonyl (C=O) groups is 13. The molecule has 2 aromatic carbocycles. The number of aliphatic imine (C=N–C) groups is 2. The standard InChI is InChI=1S/C66H99N19O14/c1-5-38(3)53-60(95)75-35-50(87)76-43(23-14-28-72-66(69)70)62(97)85-31-17-26-49(85)64(99)84-30-15-24-47(84)58(93)74-34-51(88)77-44(32-40-18-9-7-10-19-40)56(91)80-46(37-86)63(98)83-29-16-25-48(83)59(94)79-45(33-41-20-11-8-12-21-41)57(92)78-42(22-13-27-71-65(67)68)55(90)73-36-52(89)81-54(39(4)6-2)61(96)82-53/h7-12,18-21,38-39,42-49,53-54,86H,5-6,13-17,22-37H2,1-4H3,(H,73,90)(H,74,93)(H,75,95)(H,76,87)(H,77,88)(H,78,92)(H,79,94)(H,80,91)(H,81,89)(H,82,96)(H4,67,68,71)(H4,69,70,72)/t38-,39-,42-,43-,44-,45-,46-,47-,48-,49-,53+,54-/m0/s1. The molecule has 33 nitrogen and oxygen atoms in total. The van der Waals surface area contributed by atoms with Crippen LogP contribution >= 0.6 is 0 Å². The Bertz CT molecular complexity index is 3220. The molecule has 6 rings (SSSR count). The predicted octanol–water partition coefficient (Wildman–Crippen LogP) is -4.61. The zero-order valence-corrected chi connectivity index (χ0v) is 56.8. The Hall–Kier alpha value is -9.95. The van der Waals surface area contributed by atoms with Crippen LogP contribution in [0.3, 0.4) is 0 Å². The molecule has 4 aliphatic heterocycles. The molecule has 13 amide bonds. The molecule has 0 spiro atoms. The van der Waals surface area contributed by atoms with E-state index in [4.69, 9.17) is 22.9 Å². The van der Waals surface area contributed by atoms with Gasteiger partial charge in [0.2, 0.25) is 76.8 Å². The van der Waals surface area contributed by atoms with Crippen molar-refractivity contribution in [3.8, 4) is 0 Å². The number of guanidine groups is 2. The van der Waals surface area contributed by atoms with Crippen LogP contribution in [0.15, 0.2) is 70.6 Å². The monoisotopic (exact) mass is 1380 g/mol. The van der Waals surface area contributed by atoms with E-state index in [1.165, 1.54) is 14.7 Å². The van der Waals surface area contributed by atoms with Crippen LogP contribution in [0.5, 0.6) is 0 Å². The SMILES string of the molecule is CC[C@H](C)[C@@H]1NC(=O)CNC(=O)[C@H](CCCN=C(N)N)NC(=O)[C@H](Cc2ccccc2)NC(=O)[C@@H]2CCCN2C(=O)[C@H](CO)NC(=O)[C@H](Cc2ccccc2)NC(=O)CNC(=O)[C@@H]2CCCN2C(=O)[C@@H]2CCCN2C(=O)[C@H](CCCN=C(N)N)NC(=O)CNC(=O)[C@@H]([C@@H](C)CC)NC1=O. The van der Waals surface area contributed by atoms with Gasteiger partial charge in [-0.15, -0.1) is 0 Å². The number of amides is 13. The van der Waals surface area contributed by atoms with Gasteiger partial charge in [0.1, 0.15) is 60.4 Å². The van der Waals surface area contributed by atoms with Gasteiger partial charge in [0.25, 0.3) is 0 Å². The average molecular weight is 1380 g/mol. The summed E-state index contributed by atoms with van der Waals surface area (Å²) in [5.41, 5.74) is 23.5. The second kappa shape index (κ2) is 38.9. The number of carbonyl (C=O) groups excluding carboxylic acids is 13. The quantitative estimate of drug-likeness (QED) is 0.0403. The summed E-state index contributed by atoms with van der Waals surface area (Å²) in [5.74, 6) is -11.6. The molecule has 4 heterocycles. The Morgan fingerprint density at radius 1 is 0.444 bits per heavy atom. The van der Waals surface area contributed by atoms with E-state index in [1.54, 1.807) is 88.4 Å². The lowest BCUT2D eigenvalue weighted by molar-refractivity contribution is -0.148. The minimum Gasteiger partial charge on any atom is -0.394 e. The Kier molecular flexibility index (Phi) is 30.6. The highest BCUT2D eigenvalue weighted by molar-refractivity contribution is 6.00. The van der Waals surface area contributed by atoms with Crippen LogP contribution in [-0.2, 0) is 75.2 Å². The van der Waals surface area contributed by atoms with Crippen LogP contribution in [0.1, 0.15) is 116 Å². The van der Waals surface area contributed by atoms with Crippen molar-refractivity contribution >= 4 is 88.7 Å². The number of nitrogens with one attached hydrogen (secondary N) is 10. The minimum absolute atomic E-state index is 0.00318. The number of fused-ring (bicyclic) bond motifs is 3. The van der Waals surface area contributed by atoms with E-state index < -0.39 is 175 Å². The topological polar surface area (TPSA) is 501 Å². The molecule has 4 fully saturated rings. The fraction of sp³-hybridized carbons (Fsp3) is 0.591. The Labute approximate surface area is 575 Å². The largest absolute Gasteiger partial charge is 0.394 e. The van der Waals surface area contributed by atoms with Crippen molar-refractivity contribution in [3.63, 3.8) is 0 Å². The molecule has 33 heteroatoms.